The molecule has 118 valence electrons. The normalized spacial score (nSPS) is 19.5. The Balaban J connectivity index is 2.18. The molecule has 21 heavy (non-hydrogen) atoms. The number of aryl methyl sites for hydroxylation is 3. The summed E-state index contributed by atoms with van der Waals surface area (Å²) in [6, 6.07) is 4.65. The maximum absolute atomic E-state index is 3.81. The molecule has 0 unspecified atom stereocenters. The van der Waals surface area contributed by atoms with E-state index in [-0.39, 0.29) is 0 Å². The average molecular weight is 288 g/mol. The van der Waals surface area contributed by atoms with Gasteiger partial charge in [0.25, 0.3) is 0 Å². The average Bonchev–Trinajstić information content (AvgIpc) is 2.65. The molecule has 1 N–H and O–H groups in total. The first kappa shape index (κ1) is 16.5. The molecule has 0 radical (unpaired) electrons. The van der Waals surface area contributed by atoms with E-state index < -0.39 is 0 Å². The summed E-state index contributed by atoms with van der Waals surface area (Å²) in [6.07, 6.45) is 3.68. The zero-order valence-corrected chi connectivity index (χ0v) is 14.6. The third-order valence-electron chi connectivity index (χ3n) is 5.25. The standard InChI is InChI=1S/C19H32N2/c1-6-19(7-2)14-21(10-8-9-20-19)13-18-16(4)11-15(3)12-17(18)5/h11-12,20H,6-10,13-14H2,1-5H3. The lowest BCUT2D eigenvalue weighted by Gasteiger charge is -2.36. The molecule has 1 heterocycles. The highest BCUT2D eigenvalue weighted by Crippen LogP contribution is 2.23. The molecular formula is C19H32N2. The molecule has 1 aliphatic rings. The topological polar surface area (TPSA) is 15.3 Å². The Bertz CT molecular complexity index is 451. The number of hydrogen-bond acceptors (Lipinski definition) is 2. The quantitative estimate of drug-likeness (QED) is 0.902. The summed E-state index contributed by atoms with van der Waals surface area (Å²) in [5.41, 5.74) is 6.11. The van der Waals surface area contributed by atoms with Gasteiger partial charge in [-0.3, -0.25) is 4.90 Å². The number of rotatable bonds is 4. The van der Waals surface area contributed by atoms with Crippen molar-refractivity contribution in [3.05, 3.63) is 34.4 Å². The molecule has 1 aromatic rings. The Kier molecular flexibility index (Phi) is 5.45. The predicted octanol–water partition coefficient (Wildman–Crippen LogP) is 3.97. The Morgan fingerprint density at radius 3 is 2.29 bits per heavy atom. The van der Waals surface area contributed by atoms with Crippen molar-refractivity contribution in [3.63, 3.8) is 0 Å². The molecule has 0 amide bonds. The van der Waals surface area contributed by atoms with Crippen molar-refractivity contribution in [1.82, 2.24) is 10.2 Å². The monoisotopic (exact) mass is 288 g/mol. The van der Waals surface area contributed by atoms with Gasteiger partial charge in [0.05, 0.1) is 0 Å². The van der Waals surface area contributed by atoms with Gasteiger partial charge >= 0.3 is 0 Å². The minimum absolute atomic E-state index is 0.309. The van der Waals surface area contributed by atoms with Crippen LogP contribution in [0.2, 0.25) is 0 Å². The predicted molar refractivity (Wildman–Crippen MR) is 91.9 cm³/mol. The molecule has 2 heteroatoms. The third-order valence-corrected chi connectivity index (χ3v) is 5.25. The van der Waals surface area contributed by atoms with Gasteiger partial charge in [0.15, 0.2) is 0 Å². The first-order valence-electron chi connectivity index (χ1n) is 8.54. The van der Waals surface area contributed by atoms with Crippen molar-refractivity contribution in [3.8, 4) is 0 Å². The van der Waals surface area contributed by atoms with Crippen LogP contribution in [0.25, 0.3) is 0 Å². The van der Waals surface area contributed by atoms with Gasteiger partial charge in [-0.25, -0.2) is 0 Å². The Hall–Kier alpha value is -0.860. The highest BCUT2D eigenvalue weighted by atomic mass is 15.2. The second-order valence-corrected chi connectivity index (χ2v) is 6.86. The second kappa shape index (κ2) is 6.93. The van der Waals surface area contributed by atoms with Crippen LogP contribution in [0.1, 0.15) is 55.4 Å². The molecule has 1 saturated heterocycles. The zero-order chi connectivity index (χ0) is 15.5. The van der Waals surface area contributed by atoms with E-state index in [1.165, 1.54) is 54.6 Å². The molecule has 0 aliphatic carbocycles. The highest BCUT2D eigenvalue weighted by Gasteiger charge is 2.30. The van der Waals surface area contributed by atoms with Crippen molar-refractivity contribution in [1.29, 1.82) is 0 Å². The van der Waals surface area contributed by atoms with E-state index in [9.17, 15) is 0 Å². The van der Waals surface area contributed by atoms with Crippen LogP contribution in [0.3, 0.4) is 0 Å². The van der Waals surface area contributed by atoms with E-state index >= 15 is 0 Å². The number of hydrogen-bond donors (Lipinski definition) is 1. The van der Waals surface area contributed by atoms with Gasteiger partial charge < -0.3 is 5.32 Å². The third kappa shape index (κ3) is 3.87. The first-order chi connectivity index (χ1) is 9.99. The van der Waals surface area contributed by atoms with E-state index in [1.807, 2.05) is 0 Å². The van der Waals surface area contributed by atoms with Gasteiger partial charge in [-0.1, -0.05) is 31.5 Å². The fourth-order valence-corrected chi connectivity index (χ4v) is 3.76. The molecule has 0 bridgehead atoms. The van der Waals surface area contributed by atoms with Crippen molar-refractivity contribution < 1.29 is 0 Å². The summed E-state index contributed by atoms with van der Waals surface area (Å²) < 4.78 is 0. The lowest BCUT2D eigenvalue weighted by Crippen LogP contribution is -2.50. The minimum Gasteiger partial charge on any atom is -0.310 e. The summed E-state index contributed by atoms with van der Waals surface area (Å²) in [4.78, 5) is 2.66. The van der Waals surface area contributed by atoms with Crippen LogP contribution in [-0.2, 0) is 6.54 Å². The van der Waals surface area contributed by atoms with Crippen LogP contribution < -0.4 is 5.32 Å². The summed E-state index contributed by atoms with van der Waals surface area (Å²) in [7, 11) is 0. The largest absolute Gasteiger partial charge is 0.310 e. The SMILES string of the molecule is CCC1(CC)CN(Cc2c(C)cc(C)cc2C)CCCN1. The van der Waals surface area contributed by atoms with Crippen molar-refractivity contribution in [2.24, 2.45) is 0 Å². The van der Waals surface area contributed by atoms with Crippen LogP contribution in [0.5, 0.6) is 0 Å². The highest BCUT2D eigenvalue weighted by molar-refractivity contribution is 5.37. The van der Waals surface area contributed by atoms with Crippen LogP contribution in [0, 0.1) is 20.8 Å². The molecule has 1 aromatic carbocycles. The molecule has 1 fully saturated rings. The molecule has 0 spiro atoms. The van der Waals surface area contributed by atoms with Gasteiger partial charge in [0.2, 0.25) is 0 Å². The van der Waals surface area contributed by atoms with E-state index in [0.717, 1.165) is 13.1 Å². The van der Waals surface area contributed by atoms with Crippen LogP contribution in [0.15, 0.2) is 12.1 Å². The van der Waals surface area contributed by atoms with Crippen LogP contribution >= 0.6 is 0 Å². The fraction of sp³-hybridized carbons (Fsp3) is 0.684. The smallest absolute Gasteiger partial charge is 0.0303 e. The van der Waals surface area contributed by atoms with E-state index in [4.69, 9.17) is 0 Å². The summed E-state index contributed by atoms with van der Waals surface area (Å²) in [5, 5.41) is 3.81. The second-order valence-electron chi connectivity index (χ2n) is 6.86. The van der Waals surface area contributed by atoms with E-state index in [1.54, 1.807) is 0 Å². The molecule has 0 atom stereocenters. The molecule has 1 aliphatic heterocycles. The fourth-order valence-electron chi connectivity index (χ4n) is 3.76. The molecule has 0 aromatic heterocycles. The van der Waals surface area contributed by atoms with E-state index in [2.05, 4.69) is 57.0 Å². The van der Waals surface area contributed by atoms with Gasteiger partial charge in [0.1, 0.15) is 0 Å². The molecular weight excluding hydrogens is 256 g/mol. The maximum Gasteiger partial charge on any atom is 0.0303 e. The van der Waals surface area contributed by atoms with Gasteiger partial charge in [-0.05, 0) is 69.8 Å². The van der Waals surface area contributed by atoms with Crippen molar-refractivity contribution in [2.75, 3.05) is 19.6 Å². The van der Waals surface area contributed by atoms with Gasteiger partial charge in [-0.2, -0.15) is 0 Å². The van der Waals surface area contributed by atoms with Crippen molar-refractivity contribution in [2.45, 2.75) is 66.0 Å². The lowest BCUT2D eigenvalue weighted by atomic mass is 9.92. The van der Waals surface area contributed by atoms with Gasteiger partial charge in [-0.15, -0.1) is 0 Å². The Morgan fingerprint density at radius 2 is 1.71 bits per heavy atom. The van der Waals surface area contributed by atoms with Crippen molar-refractivity contribution >= 4 is 0 Å². The lowest BCUT2D eigenvalue weighted by molar-refractivity contribution is 0.190. The zero-order valence-electron chi connectivity index (χ0n) is 14.6. The maximum atomic E-state index is 3.81. The first-order valence-corrected chi connectivity index (χ1v) is 8.54. The Morgan fingerprint density at radius 1 is 1.10 bits per heavy atom. The van der Waals surface area contributed by atoms with Crippen LogP contribution in [0.4, 0.5) is 0 Å². The minimum atomic E-state index is 0.309. The number of nitrogens with one attached hydrogen (secondary N) is 1. The summed E-state index contributed by atoms with van der Waals surface area (Å²) in [6.45, 7) is 16.0. The molecule has 0 saturated carbocycles. The molecule has 2 rings (SSSR count). The van der Waals surface area contributed by atoms with Crippen LogP contribution in [-0.4, -0.2) is 30.1 Å². The number of nitrogens with zero attached hydrogens (tertiary/aromatic N) is 1. The van der Waals surface area contributed by atoms with E-state index in [0.29, 0.717) is 5.54 Å². The Labute approximate surface area is 130 Å². The molecule has 2 nitrogen and oxygen atoms in total. The summed E-state index contributed by atoms with van der Waals surface area (Å²) in [5.74, 6) is 0. The van der Waals surface area contributed by atoms with Gasteiger partial charge in [0, 0.05) is 18.6 Å². The summed E-state index contributed by atoms with van der Waals surface area (Å²) >= 11 is 0. The number of benzene rings is 1.